The van der Waals surface area contributed by atoms with Crippen LogP contribution in [0.4, 0.5) is 0 Å². The Balaban J connectivity index is 2.28. The number of para-hydroxylation sites is 3. The van der Waals surface area contributed by atoms with Crippen molar-refractivity contribution >= 4 is 21.8 Å². The van der Waals surface area contributed by atoms with Crippen molar-refractivity contribution in [3.8, 4) is 17.8 Å². The topological polar surface area (TPSA) is 52.5 Å². The van der Waals surface area contributed by atoms with Crippen LogP contribution in [0.5, 0.6) is 0 Å². The lowest BCUT2D eigenvalue weighted by molar-refractivity contribution is 1.15. The molecule has 0 bridgehead atoms. The fourth-order valence-corrected chi connectivity index (χ4v) is 3.13. The van der Waals surface area contributed by atoms with Gasteiger partial charge in [0.1, 0.15) is 12.1 Å². The van der Waals surface area contributed by atoms with Gasteiger partial charge in [0.2, 0.25) is 0 Å². The Bertz CT molecular complexity index is 1050. The Hall–Kier alpha value is -3.56. The number of hydrogen-bond donors (Lipinski definition) is 0. The summed E-state index contributed by atoms with van der Waals surface area (Å²) in [6.45, 7) is 0. The minimum atomic E-state index is 0.496. The van der Waals surface area contributed by atoms with Crippen LogP contribution in [-0.2, 0) is 0 Å². The fraction of sp³-hybridized carbons (Fsp3) is 0. The number of nitrogens with zero attached hydrogens (tertiary/aromatic N) is 3. The molecule has 0 fully saturated rings. The summed E-state index contributed by atoms with van der Waals surface area (Å²) in [5.41, 5.74) is 3.63. The van der Waals surface area contributed by atoms with Crippen molar-refractivity contribution < 1.29 is 0 Å². The van der Waals surface area contributed by atoms with E-state index in [2.05, 4.69) is 24.3 Å². The van der Waals surface area contributed by atoms with Crippen LogP contribution in [0.2, 0.25) is 0 Å². The van der Waals surface area contributed by atoms with E-state index >= 15 is 0 Å². The van der Waals surface area contributed by atoms with Gasteiger partial charge < -0.3 is 4.57 Å². The molecule has 0 spiro atoms. The third kappa shape index (κ3) is 1.81. The van der Waals surface area contributed by atoms with Crippen molar-refractivity contribution in [1.82, 2.24) is 4.57 Å². The zero-order valence-electron chi connectivity index (χ0n) is 12.2. The molecule has 0 aliphatic rings. The van der Waals surface area contributed by atoms with Crippen LogP contribution in [0, 0.1) is 22.7 Å². The lowest BCUT2D eigenvalue weighted by Gasteiger charge is -2.11. The largest absolute Gasteiger partial charge is 0.307 e. The van der Waals surface area contributed by atoms with E-state index < -0.39 is 0 Å². The van der Waals surface area contributed by atoms with Gasteiger partial charge in [-0.3, -0.25) is 0 Å². The third-order valence-electron chi connectivity index (χ3n) is 4.08. The molecule has 0 saturated heterocycles. The summed E-state index contributed by atoms with van der Waals surface area (Å²) in [6, 6.07) is 25.8. The summed E-state index contributed by atoms with van der Waals surface area (Å²) in [6.07, 6.45) is 0. The summed E-state index contributed by atoms with van der Waals surface area (Å²) in [7, 11) is 0. The molecular formula is C20H11N3. The first-order valence-electron chi connectivity index (χ1n) is 7.27. The Morgan fingerprint density at radius 3 is 1.57 bits per heavy atom. The normalized spacial score (nSPS) is 10.5. The molecule has 4 aromatic rings. The number of aromatic nitrogens is 1. The predicted octanol–water partition coefficient (Wildman–Crippen LogP) is 4.53. The minimum absolute atomic E-state index is 0.496. The summed E-state index contributed by atoms with van der Waals surface area (Å²) < 4.78 is 2.02. The summed E-state index contributed by atoms with van der Waals surface area (Å²) >= 11 is 0. The standard InChI is InChI=1S/C20H11N3/c21-12-14-6-5-7-15(13-22)20(14)23-18-10-3-1-8-16(18)17-9-2-4-11-19(17)23/h1-11H. The van der Waals surface area contributed by atoms with Crippen LogP contribution < -0.4 is 0 Å². The Kier molecular flexibility index (Phi) is 2.86. The maximum Gasteiger partial charge on any atom is 0.101 e. The molecule has 0 unspecified atom stereocenters. The molecule has 1 aromatic heterocycles. The van der Waals surface area contributed by atoms with Crippen molar-refractivity contribution in [2.45, 2.75) is 0 Å². The second-order valence-electron chi connectivity index (χ2n) is 5.30. The zero-order valence-corrected chi connectivity index (χ0v) is 12.2. The molecule has 0 atom stereocenters. The quantitative estimate of drug-likeness (QED) is 0.518. The number of hydrogen-bond acceptors (Lipinski definition) is 2. The van der Waals surface area contributed by atoms with Gasteiger partial charge in [0.15, 0.2) is 0 Å². The average Bonchev–Trinajstić information content (AvgIpc) is 2.95. The molecule has 0 radical (unpaired) electrons. The molecule has 0 amide bonds. The van der Waals surface area contributed by atoms with Crippen molar-refractivity contribution in [3.63, 3.8) is 0 Å². The van der Waals surface area contributed by atoms with Crippen LogP contribution in [0.25, 0.3) is 27.5 Å². The maximum absolute atomic E-state index is 9.51. The molecule has 0 saturated carbocycles. The van der Waals surface area contributed by atoms with E-state index in [0.29, 0.717) is 16.8 Å². The van der Waals surface area contributed by atoms with E-state index in [1.54, 1.807) is 18.2 Å². The highest BCUT2D eigenvalue weighted by atomic mass is 15.0. The molecule has 23 heavy (non-hydrogen) atoms. The van der Waals surface area contributed by atoms with Gasteiger partial charge in [-0.25, -0.2) is 0 Å². The Labute approximate surface area is 133 Å². The van der Waals surface area contributed by atoms with Gasteiger partial charge in [-0.15, -0.1) is 0 Å². The Morgan fingerprint density at radius 1 is 0.609 bits per heavy atom. The van der Waals surface area contributed by atoms with Gasteiger partial charge in [-0.1, -0.05) is 42.5 Å². The predicted molar refractivity (Wildman–Crippen MR) is 90.2 cm³/mol. The zero-order chi connectivity index (χ0) is 15.8. The molecule has 0 aliphatic heterocycles. The number of fused-ring (bicyclic) bond motifs is 3. The monoisotopic (exact) mass is 293 g/mol. The van der Waals surface area contributed by atoms with Crippen LogP contribution in [0.3, 0.4) is 0 Å². The van der Waals surface area contributed by atoms with Gasteiger partial charge in [0.05, 0.1) is 27.8 Å². The first kappa shape index (κ1) is 13.1. The van der Waals surface area contributed by atoms with Crippen molar-refractivity contribution in [2.75, 3.05) is 0 Å². The van der Waals surface area contributed by atoms with E-state index in [1.165, 1.54) is 0 Å². The van der Waals surface area contributed by atoms with Crippen molar-refractivity contribution in [3.05, 3.63) is 77.9 Å². The van der Waals surface area contributed by atoms with Gasteiger partial charge >= 0.3 is 0 Å². The molecular weight excluding hydrogens is 282 g/mol. The van der Waals surface area contributed by atoms with Gasteiger partial charge in [-0.05, 0) is 24.3 Å². The van der Waals surface area contributed by atoms with E-state index in [0.717, 1.165) is 21.8 Å². The number of nitriles is 2. The second kappa shape index (κ2) is 5.02. The van der Waals surface area contributed by atoms with Gasteiger partial charge in [0, 0.05) is 10.8 Å². The molecule has 1 heterocycles. The average molecular weight is 293 g/mol. The van der Waals surface area contributed by atoms with E-state index in [9.17, 15) is 10.5 Å². The highest BCUT2D eigenvalue weighted by Gasteiger charge is 2.16. The van der Waals surface area contributed by atoms with Crippen LogP contribution >= 0.6 is 0 Å². The van der Waals surface area contributed by atoms with E-state index in [4.69, 9.17) is 0 Å². The SMILES string of the molecule is N#Cc1cccc(C#N)c1-n1c2ccccc2c2ccccc21. The van der Waals surface area contributed by atoms with E-state index in [-0.39, 0.29) is 0 Å². The first-order chi connectivity index (χ1) is 11.3. The van der Waals surface area contributed by atoms with Crippen molar-refractivity contribution in [2.24, 2.45) is 0 Å². The highest BCUT2D eigenvalue weighted by Crippen LogP contribution is 2.33. The highest BCUT2D eigenvalue weighted by molar-refractivity contribution is 6.09. The molecule has 3 heteroatoms. The van der Waals surface area contributed by atoms with Gasteiger partial charge in [0.25, 0.3) is 0 Å². The molecule has 3 aromatic carbocycles. The number of benzene rings is 3. The van der Waals surface area contributed by atoms with Crippen LogP contribution in [0.15, 0.2) is 66.7 Å². The summed E-state index contributed by atoms with van der Waals surface area (Å²) in [5, 5.41) is 21.2. The Morgan fingerprint density at radius 2 is 1.09 bits per heavy atom. The van der Waals surface area contributed by atoms with Crippen LogP contribution in [0.1, 0.15) is 11.1 Å². The summed E-state index contributed by atoms with van der Waals surface area (Å²) in [5.74, 6) is 0. The van der Waals surface area contributed by atoms with E-state index in [1.807, 2.05) is 41.0 Å². The minimum Gasteiger partial charge on any atom is -0.307 e. The fourth-order valence-electron chi connectivity index (χ4n) is 3.13. The molecule has 0 aliphatic carbocycles. The second-order valence-corrected chi connectivity index (χ2v) is 5.30. The van der Waals surface area contributed by atoms with Crippen LogP contribution in [-0.4, -0.2) is 4.57 Å². The first-order valence-corrected chi connectivity index (χ1v) is 7.27. The van der Waals surface area contributed by atoms with Crippen molar-refractivity contribution in [1.29, 1.82) is 10.5 Å². The molecule has 3 nitrogen and oxygen atoms in total. The number of rotatable bonds is 1. The lowest BCUT2D eigenvalue weighted by Crippen LogP contribution is -2.00. The molecule has 0 N–H and O–H groups in total. The maximum atomic E-state index is 9.51. The van der Waals surface area contributed by atoms with Gasteiger partial charge in [-0.2, -0.15) is 10.5 Å². The molecule has 106 valence electrons. The molecule has 4 rings (SSSR count). The third-order valence-corrected chi connectivity index (χ3v) is 4.08. The lowest BCUT2D eigenvalue weighted by atomic mass is 10.1. The smallest absolute Gasteiger partial charge is 0.101 e. The summed E-state index contributed by atoms with van der Waals surface area (Å²) in [4.78, 5) is 0.